The van der Waals surface area contributed by atoms with Gasteiger partial charge in [-0.3, -0.25) is 0 Å². The third-order valence-corrected chi connectivity index (χ3v) is 3.71. The fourth-order valence-corrected chi connectivity index (χ4v) is 2.36. The molecule has 0 atom stereocenters. The first-order valence-corrected chi connectivity index (χ1v) is 8.37. The van der Waals surface area contributed by atoms with Crippen molar-refractivity contribution in [3.05, 3.63) is 29.8 Å². The molecule has 2 nitrogen and oxygen atoms in total. The molecule has 3 heteroatoms. The second kappa shape index (κ2) is 11.3. The summed E-state index contributed by atoms with van der Waals surface area (Å²) in [6.07, 6.45) is 9.04. The molecular weight excluding hydrogens is 304 g/mol. The van der Waals surface area contributed by atoms with Crippen LogP contribution in [0.1, 0.15) is 50.5 Å². The summed E-state index contributed by atoms with van der Waals surface area (Å²) in [5.41, 5.74) is 0.927. The van der Waals surface area contributed by atoms with Crippen molar-refractivity contribution in [2.75, 3.05) is 11.9 Å². The largest absolute Gasteiger partial charge is 0.494 e. The number of aliphatic hydroxyl groups is 1. The van der Waals surface area contributed by atoms with Crippen LogP contribution in [0, 0.1) is 0 Å². The van der Waals surface area contributed by atoms with Crippen molar-refractivity contribution in [2.24, 2.45) is 0 Å². The summed E-state index contributed by atoms with van der Waals surface area (Å²) in [5, 5.41) is 10.1. The molecule has 0 unspecified atom stereocenters. The molecule has 0 aromatic heterocycles. The molecule has 1 N–H and O–H groups in total. The smallest absolute Gasteiger partial charge is 0.119 e. The van der Waals surface area contributed by atoms with Gasteiger partial charge in [0, 0.05) is 5.33 Å². The molecule has 0 heterocycles. The van der Waals surface area contributed by atoms with Crippen LogP contribution in [-0.4, -0.2) is 17.0 Å². The number of aliphatic hydroxyl groups excluding tert-OH is 1. The van der Waals surface area contributed by atoms with Crippen molar-refractivity contribution in [1.82, 2.24) is 0 Å². The molecule has 0 fully saturated rings. The average Bonchev–Trinajstić information content (AvgIpc) is 2.46. The van der Waals surface area contributed by atoms with Crippen LogP contribution < -0.4 is 4.74 Å². The Kier molecular flexibility index (Phi) is 9.82. The summed E-state index contributed by atoms with van der Waals surface area (Å²) < 4.78 is 5.66. The molecule has 1 aromatic carbocycles. The molecule has 0 saturated carbocycles. The number of halogens is 1. The van der Waals surface area contributed by atoms with E-state index in [2.05, 4.69) is 15.9 Å². The van der Waals surface area contributed by atoms with Gasteiger partial charge in [0.1, 0.15) is 5.75 Å². The number of hydrogen-bond acceptors (Lipinski definition) is 2. The summed E-state index contributed by atoms with van der Waals surface area (Å²) in [7, 11) is 0. The number of unbranched alkanes of at least 4 members (excludes halogenated alkanes) is 6. The summed E-state index contributed by atoms with van der Waals surface area (Å²) in [4.78, 5) is 0. The summed E-state index contributed by atoms with van der Waals surface area (Å²) in [6.45, 7) is 0.884. The lowest BCUT2D eigenvalue weighted by Gasteiger charge is -2.06. The minimum atomic E-state index is 0.0926. The van der Waals surface area contributed by atoms with Crippen molar-refractivity contribution in [3.63, 3.8) is 0 Å². The zero-order valence-corrected chi connectivity index (χ0v) is 13.2. The molecule has 108 valence electrons. The van der Waals surface area contributed by atoms with Crippen LogP contribution >= 0.6 is 15.9 Å². The lowest BCUT2D eigenvalue weighted by Crippen LogP contribution is -1.97. The normalized spacial score (nSPS) is 10.6. The Morgan fingerprint density at radius 3 is 2.00 bits per heavy atom. The van der Waals surface area contributed by atoms with E-state index < -0.39 is 0 Å². The van der Waals surface area contributed by atoms with Crippen molar-refractivity contribution >= 4 is 15.9 Å². The molecule has 1 aromatic rings. The highest BCUT2D eigenvalue weighted by Gasteiger charge is 1.95. The Labute approximate surface area is 125 Å². The van der Waals surface area contributed by atoms with Crippen molar-refractivity contribution in [1.29, 1.82) is 0 Å². The van der Waals surface area contributed by atoms with E-state index in [1.165, 1.54) is 38.5 Å². The molecule has 0 aliphatic carbocycles. The minimum absolute atomic E-state index is 0.0926. The van der Waals surface area contributed by atoms with Crippen LogP contribution in [0.15, 0.2) is 24.3 Å². The lowest BCUT2D eigenvalue weighted by atomic mass is 10.1. The van der Waals surface area contributed by atoms with Gasteiger partial charge in [0.25, 0.3) is 0 Å². The Morgan fingerprint density at radius 1 is 0.842 bits per heavy atom. The first-order valence-electron chi connectivity index (χ1n) is 7.25. The number of benzene rings is 1. The average molecular weight is 329 g/mol. The summed E-state index contributed by atoms with van der Waals surface area (Å²) in [5.74, 6) is 0.898. The highest BCUT2D eigenvalue weighted by atomic mass is 79.9. The standard InChI is InChI=1S/C16H25BrO2/c17-12-6-4-2-1-3-5-7-13-19-16-10-8-15(14-18)9-11-16/h8-11,18H,1-7,12-14H2. The maximum Gasteiger partial charge on any atom is 0.119 e. The Hall–Kier alpha value is -0.540. The Balaban J connectivity index is 1.95. The maximum atomic E-state index is 8.94. The van der Waals surface area contributed by atoms with Gasteiger partial charge in [0.15, 0.2) is 0 Å². The topological polar surface area (TPSA) is 29.5 Å². The van der Waals surface area contributed by atoms with E-state index in [0.29, 0.717) is 0 Å². The predicted octanol–water partition coefficient (Wildman–Crippen LogP) is 4.68. The molecule has 0 aliphatic rings. The van der Waals surface area contributed by atoms with Gasteiger partial charge >= 0.3 is 0 Å². The van der Waals surface area contributed by atoms with E-state index in [1.807, 2.05) is 24.3 Å². The van der Waals surface area contributed by atoms with Gasteiger partial charge in [-0.2, -0.15) is 0 Å². The molecule has 0 bridgehead atoms. The van der Waals surface area contributed by atoms with E-state index >= 15 is 0 Å². The number of alkyl halides is 1. The van der Waals surface area contributed by atoms with Crippen LogP contribution in [0.2, 0.25) is 0 Å². The van der Waals surface area contributed by atoms with Gasteiger partial charge in [-0.05, 0) is 30.5 Å². The zero-order valence-electron chi connectivity index (χ0n) is 11.6. The van der Waals surface area contributed by atoms with Gasteiger partial charge in [0.05, 0.1) is 13.2 Å². The number of ether oxygens (including phenoxy) is 1. The molecule has 19 heavy (non-hydrogen) atoms. The van der Waals surface area contributed by atoms with Crippen LogP contribution in [-0.2, 0) is 6.61 Å². The predicted molar refractivity (Wildman–Crippen MR) is 84.0 cm³/mol. The molecule has 0 aliphatic heterocycles. The van der Waals surface area contributed by atoms with Crippen molar-refractivity contribution < 1.29 is 9.84 Å². The quantitative estimate of drug-likeness (QED) is 0.472. The fourth-order valence-electron chi connectivity index (χ4n) is 1.96. The van der Waals surface area contributed by atoms with Crippen LogP contribution in [0.25, 0.3) is 0 Å². The monoisotopic (exact) mass is 328 g/mol. The van der Waals surface area contributed by atoms with Crippen molar-refractivity contribution in [3.8, 4) is 5.75 Å². The SMILES string of the molecule is OCc1ccc(OCCCCCCCCCBr)cc1. The third kappa shape index (κ3) is 8.27. The van der Waals surface area contributed by atoms with Crippen LogP contribution in [0.3, 0.4) is 0 Å². The van der Waals surface area contributed by atoms with Crippen LogP contribution in [0.5, 0.6) is 5.75 Å². The Bertz CT molecular complexity index is 311. The van der Waals surface area contributed by atoms with E-state index in [0.717, 1.165) is 29.7 Å². The third-order valence-electron chi connectivity index (χ3n) is 3.15. The lowest BCUT2D eigenvalue weighted by molar-refractivity contribution is 0.281. The van der Waals surface area contributed by atoms with Gasteiger partial charge < -0.3 is 9.84 Å². The summed E-state index contributed by atoms with van der Waals surface area (Å²) in [6, 6.07) is 7.65. The number of rotatable bonds is 11. The molecular formula is C16H25BrO2. The fraction of sp³-hybridized carbons (Fsp3) is 0.625. The minimum Gasteiger partial charge on any atom is -0.494 e. The highest BCUT2D eigenvalue weighted by molar-refractivity contribution is 9.09. The molecule has 0 saturated heterocycles. The first-order chi connectivity index (χ1) is 9.36. The zero-order chi connectivity index (χ0) is 13.8. The van der Waals surface area contributed by atoms with Crippen LogP contribution in [0.4, 0.5) is 0 Å². The van der Waals surface area contributed by atoms with E-state index in [9.17, 15) is 0 Å². The molecule has 0 amide bonds. The first kappa shape index (κ1) is 16.5. The van der Waals surface area contributed by atoms with Gasteiger partial charge in [-0.25, -0.2) is 0 Å². The molecule has 0 spiro atoms. The maximum absolute atomic E-state index is 8.94. The van der Waals surface area contributed by atoms with Gasteiger partial charge in [-0.1, -0.05) is 60.2 Å². The summed E-state index contributed by atoms with van der Waals surface area (Å²) >= 11 is 3.45. The molecule has 1 rings (SSSR count). The van der Waals surface area contributed by atoms with E-state index in [4.69, 9.17) is 9.84 Å². The molecule has 0 radical (unpaired) electrons. The van der Waals surface area contributed by atoms with Gasteiger partial charge in [-0.15, -0.1) is 0 Å². The number of hydrogen-bond donors (Lipinski definition) is 1. The highest BCUT2D eigenvalue weighted by Crippen LogP contribution is 2.13. The van der Waals surface area contributed by atoms with Gasteiger partial charge in [0.2, 0.25) is 0 Å². The van der Waals surface area contributed by atoms with E-state index in [1.54, 1.807) is 0 Å². The van der Waals surface area contributed by atoms with Crippen molar-refractivity contribution in [2.45, 2.75) is 51.6 Å². The second-order valence-electron chi connectivity index (χ2n) is 4.81. The Morgan fingerprint density at radius 2 is 1.42 bits per heavy atom. The second-order valence-corrected chi connectivity index (χ2v) is 5.61. The van der Waals surface area contributed by atoms with E-state index in [-0.39, 0.29) is 6.61 Å².